The van der Waals surface area contributed by atoms with Gasteiger partial charge in [0.05, 0.1) is 0 Å². The third-order valence-electron chi connectivity index (χ3n) is 2.50. The average Bonchev–Trinajstić information content (AvgIpc) is 2.05. The molecular weight excluding hydrogens is 158 g/mol. The van der Waals surface area contributed by atoms with E-state index in [0.29, 0.717) is 12.0 Å². The summed E-state index contributed by atoms with van der Waals surface area (Å²) >= 11 is 0. The molecule has 1 heteroatoms. The number of hydrogen-bond acceptors (Lipinski definition) is 1. The smallest absolute Gasteiger partial charge is 0.0227 e. The lowest BCUT2D eigenvalue weighted by atomic mass is 10.0. The van der Waals surface area contributed by atoms with Crippen molar-refractivity contribution in [2.75, 3.05) is 7.05 Å². The monoisotopic (exact) mass is 181 g/mol. The van der Waals surface area contributed by atoms with Gasteiger partial charge in [-0.05, 0) is 33.1 Å². The first kappa shape index (κ1) is 12.3. The van der Waals surface area contributed by atoms with Gasteiger partial charge in [0.1, 0.15) is 0 Å². The third-order valence-corrected chi connectivity index (χ3v) is 2.50. The molecule has 0 aliphatic heterocycles. The van der Waals surface area contributed by atoms with Crippen molar-refractivity contribution in [2.45, 2.75) is 40.2 Å². The predicted octanol–water partition coefficient (Wildman–Crippen LogP) is 3.44. The van der Waals surface area contributed by atoms with E-state index in [0.717, 1.165) is 6.42 Å². The molecule has 0 aromatic rings. The molecule has 1 atom stereocenters. The minimum atomic E-state index is 0.568. The zero-order valence-corrected chi connectivity index (χ0v) is 9.67. The van der Waals surface area contributed by atoms with Gasteiger partial charge in [0.2, 0.25) is 0 Å². The standard InChI is InChI=1S/C12H23N/c1-7-9-11(5)12(8-2)13(6)10(3)4/h7-8,10-11H,1,9H2,2-6H3/b12-8-. The summed E-state index contributed by atoms with van der Waals surface area (Å²) in [5.74, 6) is 0.579. The first-order valence-electron chi connectivity index (χ1n) is 5.04. The van der Waals surface area contributed by atoms with Crippen LogP contribution in [-0.4, -0.2) is 18.0 Å². The number of hydrogen-bond donors (Lipinski definition) is 0. The second-order valence-electron chi connectivity index (χ2n) is 3.84. The van der Waals surface area contributed by atoms with Gasteiger partial charge >= 0.3 is 0 Å². The molecule has 0 aliphatic rings. The van der Waals surface area contributed by atoms with Crippen molar-refractivity contribution in [1.82, 2.24) is 4.90 Å². The number of nitrogens with zero attached hydrogens (tertiary/aromatic N) is 1. The van der Waals surface area contributed by atoms with E-state index in [-0.39, 0.29) is 0 Å². The van der Waals surface area contributed by atoms with Crippen molar-refractivity contribution >= 4 is 0 Å². The Balaban J connectivity index is 4.42. The molecule has 0 spiro atoms. The minimum absolute atomic E-state index is 0.568. The maximum absolute atomic E-state index is 3.78. The molecule has 1 nitrogen and oxygen atoms in total. The van der Waals surface area contributed by atoms with Gasteiger partial charge in [0.15, 0.2) is 0 Å². The Morgan fingerprint density at radius 1 is 1.38 bits per heavy atom. The summed E-state index contributed by atoms with van der Waals surface area (Å²) in [5, 5.41) is 0. The van der Waals surface area contributed by atoms with Gasteiger partial charge < -0.3 is 4.90 Å². The van der Waals surface area contributed by atoms with Crippen LogP contribution in [0.25, 0.3) is 0 Å². The van der Waals surface area contributed by atoms with E-state index in [4.69, 9.17) is 0 Å². The lowest BCUT2D eigenvalue weighted by Gasteiger charge is -2.30. The molecule has 0 fully saturated rings. The summed E-state index contributed by atoms with van der Waals surface area (Å²) in [7, 11) is 2.15. The fourth-order valence-electron chi connectivity index (χ4n) is 1.50. The highest BCUT2D eigenvalue weighted by atomic mass is 15.1. The summed E-state index contributed by atoms with van der Waals surface area (Å²) in [6.45, 7) is 12.6. The van der Waals surface area contributed by atoms with Crippen molar-refractivity contribution in [3.63, 3.8) is 0 Å². The molecule has 0 rings (SSSR count). The molecule has 0 radical (unpaired) electrons. The molecule has 0 heterocycles. The van der Waals surface area contributed by atoms with Crippen LogP contribution < -0.4 is 0 Å². The maximum Gasteiger partial charge on any atom is 0.0227 e. The average molecular weight is 181 g/mol. The first-order chi connectivity index (χ1) is 6.04. The van der Waals surface area contributed by atoms with Crippen LogP contribution in [0.3, 0.4) is 0 Å². The van der Waals surface area contributed by atoms with Crippen LogP contribution in [0.15, 0.2) is 24.4 Å². The Labute approximate surface area is 83.1 Å². The molecule has 0 N–H and O–H groups in total. The summed E-state index contributed by atoms with van der Waals surface area (Å²) in [5.41, 5.74) is 1.41. The van der Waals surface area contributed by atoms with E-state index in [1.165, 1.54) is 5.70 Å². The van der Waals surface area contributed by atoms with E-state index in [9.17, 15) is 0 Å². The van der Waals surface area contributed by atoms with Crippen molar-refractivity contribution in [1.29, 1.82) is 0 Å². The minimum Gasteiger partial charge on any atom is -0.375 e. The topological polar surface area (TPSA) is 3.24 Å². The number of rotatable bonds is 5. The molecule has 0 saturated carbocycles. The Bertz CT molecular complexity index is 180. The van der Waals surface area contributed by atoms with Crippen LogP contribution in [0.4, 0.5) is 0 Å². The fourth-order valence-corrected chi connectivity index (χ4v) is 1.50. The highest BCUT2D eigenvalue weighted by Crippen LogP contribution is 2.19. The van der Waals surface area contributed by atoms with Gasteiger partial charge in [0.25, 0.3) is 0 Å². The second-order valence-corrected chi connectivity index (χ2v) is 3.84. The zero-order valence-electron chi connectivity index (χ0n) is 9.67. The van der Waals surface area contributed by atoms with Crippen LogP contribution in [0.1, 0.15) is 34.1 Å². The third kappa shape index (κ3) is 3.67. The quantitative estimate of drug-likeness (QED) is 0.587. The molecule has 0 aromatic heterocycles. The first-order valence-corrected chi connectivity index (χ1v) is 5.04. The predicted molar refractivity (Wildman–Crippen MR) is 60.6 cm³/mol. The summed E-state index contributed by atoms with van der Waals surface area (Å²) in [6.07, 6.45) is 5.24. The van der Waals surface area contributed by atoms with Crippen molar-refractivity contribution in [2.24, 2.45) is 5.92 Å². The molecular formula is C12H23N. The van der Waals surface area contributed by atoms with E-state index in [1.807, 2.05) is 6.08 Å². The molecule has 0 aliphatic carbocycles. The van der Waals surface area contributed by atoms with Crippen LogP contribution in [0.5, 0.6) is 0 Å². The van der Waals surface area contributed by atoms with Crippen molar-refractivity contribution < 1.29 is 0 Å². The van der Waals surface area contributed by atoms with Gasteiger partial charge in [-0.25, -0.2) is 0 Å². The Kier molecular flexibility index (Phi) is 5.52. The van der Waals surface area contributed by atoms with Gasteiger partial charge in [0, 0.05) is 18.8 Å². The van der Waals surface area contributed by atoms with Crippen LogP contribution in [-0.2, 0) is 0 Å². The molecule has 13 heavy (non-hydrogen) atoms. The van der Waals surface area contributed by atoms with Crippen LogP contribution >= 0.6 is 0 Å². The highest BCUT2D eigenvalue weighted by Gasteiger charge is 2.12. The lowest BCUT2D eigenvalue weighted by Crippen LogP contribution is -2.28. The summed E-state index contributed by atoms with van der Waals surface area (Å²) < 4.78 is 0. The van der Waals surface area contributed by atoms with Gasteiger partial charge in [-0.1, -0.05) is 19.1 Å². The SMILES string of the molecule is C=CCC(C)/C(=C/C)N(C)C(C)C. The molecule has 0 saturated heterocycles. The van der Waals surface area contributed by atoms with Crippen LogP contribution in [0.2, 0.25) is 0 Å². The maximum atomic E-state index is 3.78. The Morgan fingerprint density at radius 2 is 1.92 bits per heavy atom. The normalized spacial score (nSPS) is 14.5. The molecule has 0 amide bonds. The summed E-state index contributed by atoms with van der Waals surface area (Å²) in [6, 6.07) is 0.568. The van der Waals surface area contributed by atoms with Crippen molar-refractivity contribution in [3.05, 3.63) is 24.4 Å². The fraction of sp³-hybridized carbons (Fsp3) is 0.667. The van der Waals surface area contributed by atoms with E-state index in [1.54, 1.807) is 0 Å². The second kappa shape index (κ2) is 5.85. The van der Waals surface area contributed by atoms with Gasteiger partial charge in [-0.2, -0.15) is 0 Å². The Morgan fingerprint density at radius 3 is 2.23 bits per heavy atom. The molecule has 76 valence electrons. The highest BCUT2D eigenvalue weighted by molar-refractivity contribution is 5.05. The molecule has 0 aromatic carbocycles. The van der Waals surface area contributed by atoms with E-state index < -0.39 is 0 Å². The van der Waals surface area contributed by atoms with E-state index in [2.05, 4.69) is 52.3 Å². The molecule has 1 unspecified atom stereocenters. The van der Waals surface area contributed by atoms with E-state index >= 15 is 0 Å². The van der Waals surface area contributed by atoms with Crippen molar-refractivity contribution in [3.8, 4) is 0 Å². The summed E-state index contributed by atoms with van der Waals surface area (Å²) in [4.78, 5) is 2.33. The van der Waals surface area contributed by atoms with Gasteiger partial charge in [-0.3, -0.25) is 0 Å². The van der Waals surface area contributed by atoms with Crippen LogP contribution in [0, 0.1) is 5.92 Å². The largest absolute Gasteiger partial charge is 0.375 e. The van der Waals surface area contributed by atoms with Gasteiger partial charge in [-0.15, -0.1) is 6.58 Å². The Hall–Kier alpha value is -0.720. The number of allylic oxidation sites excluding steroid dienone is 3. The molecule has 0 bridgehead atoms. The lowest BCUT2D eigenvalue weighted by molar-refractivity contribution is 0.306. The zero-order chi connectivity index (χ0) is 10.4.